The molecule has 0 spiro atoms. The fourth-order valence-corrected chi connectivity index (χ4v) is 3.65. The van der Waals surface area contributed by atoms with Gasteiger partial charge in [-0.1, -0.05) is 20.3 Å². The van der Waals surface area contributed by atoms with E-state index >= 15 is 0 Å². The van der Waals surface area contributed by atoms with Crippen LogP contribution in [0.3, 0.4) is 0 Å². The molecule has 2 aliphatic rings. The van der Waals surface area contributed by atoms with Gasteiger partial charge in [0.1, 0.15) is 5.78 Å². The number of piperidine rings is 1. The van der Waals surface area contributed by atoms with Crippen molar-refractivity contribution >= 4 is 5.78 Å². The van der Waals surface area contributed by atoms with Crippen LogP contribution in [0, 0.1) is 11.8 Å². The molecule has 0 aromatic rings. The van der Waals surface area contributed by atoms with Crippen molar-refractivity contribution in [1.82, 2.24) is 4.90 Å². The molecule has 1 heterocycles. The van der Waals surface area contributed by atoms with Gasteiger partial charge in [0.15, 0.2) is 0 Å². The van der Waals surface area contributed by atoms with E-state index in [1.165, 1.54) is 32.1 Å². The molecule has 0 N–H and O–H groups in total. The zero-order valence-electron chi connectivity index (χ0n) is 11.6. The van der Waals surface area contributed by atoms with Gasteiger partial charge in [0.25, 0.3) is 0 Å². The first-order valence-electron chi connectivity index (χ1n) is 7.35. The second kappa shape index (κ2) is 5.51. The average Bonchev–Trinajstić information content (AvgIpc) is 2.32. The molecule has 4 unspecified atom stereocenters. The quantitative estimate of drug-likeness (QED) is 0.735. The van der Waals surface area contributed by atoms with Crippen LogP contribution in [0.5, 0.6) is 0 Å². The summed E-state index contributed by atoms with van der Waals surface area (Å²) in [5.41, 5.74) is 0. The van der Waals surface area contributed by atoms with E-state index in [0.29, 0.717) is 11.8 Å². The average molecular weight is 237 g/mol. The van der Waals surface area contributed by atoms with Crippen LogP contribution in [0.4, 0.5) is 0 Å². The van der Waals surface area contributed by atoms with Gasteiger partial charge in [0.05, 0.1) is 6.04 Å². The lowest BCUT2D eigenvalue weighted by Crippen LogP contribution is -2.51. The lowest BCUT2D eigenvalue weighted by molar-refractivity contribution is -0.125. The van der Waals surface area contributed by atoms with Crippen molar-refractivity contribution in [2.75, 3.05) is 6.54 Å². The van der Waals surface area contributed by atoms with E-state index in [9.17, 15) is 4.79 Å². The molecule has 0 bridgehead atoms. The Hall–Kier alpha value is -0.370. The minimum atomic E-state index is 0.231. The van der Waals surface area contributed by atoms with Crippen LogP contribution in [0.2, 0.25) is 0 Å². The van der Waals surface area contributed by atoms with Gasteiger partial charge in [-0.15, -0.1) is 0 Å². The normalized spacial score (nSPS) is 40.2. The lowest BCUT2D eigenvalue weighted by atomic mass is 9.77. The maximum Gasteiger partial charge on any atom is 0.146 e. The number of likely N-dealkylation sites (tertiary alicyclic amines) is 1. The molecule has 17 heavy (non-hydrogen) atoms. The Labute approximate surface area is 106 Å². The van der Waals surface area contributed by atoms with Crippen LogP contribution in [0.25, 0.3) is 0 Å². The number of rotatable bonds is 2. The number of hydrogen-bond donors (Lipinski definition) is 0. The highest BCUT2D eigenvalue weighted by Gasteiger charge is 2.35. The Morgan fingerprint density at radius 2 is 1.82 bits per heavy atom. The zero-order valence-corrected chi connectivity index (χ0v) is 11.6. The van der Waals surface area contributed by atoms with Crippen LogP contribution < -0.4 is 0 Å². The van der Waals surface area contributed by atoms with Crippen LogP contribution >= 0.6 is 0 Å². The van der Waals surface area contributed by atoms with Crippen molar-refractivity contribution in [3.05, 3.63) is 0 Å². The number of Topliss-reactive ketones (excluding diaryl/α,β-unsaturated/α-hetero) is 1. The summed E-state index contributed by atoms with van der Waals surface area (Å²) in [5, 5.41) is 0. The third kappa shape index (κ3) is 2.90. The van der Waals surface area contributed by atoms with Crippen molar-refractivity contribution in [3.63, 3.8) is 0 Å². The molecule has 2 heteroatoms. The molecule has 0 radical (unpaired) electrons. The molecule has 98 valence electrons. The Morgan fingerprint density at radius 3 is 2.47 bits per heavy atom. The molecule has 0 amide bonds. The van der Waals surface area contributed by atoms with Crippen molar-refractivity contribution in [2.24, 2.45) is 11.8 Å². The highest BCUT2D eigenvalue weighted by Crippen LogP contribution is 2.34. The molecule has 4 atom stereocenters. The van der Waals surface area contributed by atoms with Gasteiger partial charge >= 0.3 is 0 Å². The van der Waals surface area contributed by atoms with E-state index in [1.807, 2.05) is 0 Å². The van der Waals surface area contributed by atoms with Crippen molar-refractivity contribution in [1.29, 1.82) is 0 Å². The van der Waals surface area contributed by atoms with E-state index in [-0.39, 0.29) is 6.04 Å². The largest absolute Gasteiger partial charge is 0.298 e. The van der Waals surface area contributed by atoms with Crippen molar-refractivity contribution in [2.45, 2.75) is 71.4 Å². The van der Waals surface area contributed by atoms with Crippen molar-refractivity contribution in [3.8, 4) is 0 Å². The summed E-state index contributed by atoms with van der Waals surface area (Å²) in [7, 11) is 0. The molecule has 1 aliphatic heterocycles. The zero-order chi connectivity index (χ0) is 12.4. The lowest BCUT2D eigenvalue weighted by Gasteiger charge is -2.44. The number of nitrogens with zero attached hydrogens (tertiary/aromatic N) is 1. The first kappa shape index (κ1) is 13.1. The summed E-state index contributed by atoms with van der Waals surface area (Å²) < 4.78 is 0. The monoisotopic (exact) mass is 237 g/mol. The van der Waals surface area contributed by atoms with Crippen LogP contribution in [-0.4, -0.2) is 29.3 Å². The molecule has 1 saturated heterocycles. The third-order valence-electron chi connectivity index (χ3n) is 5.05. The fraction of sp³-hybridized carbons (Fsp3) is 0.933. The maximum atomic E-state index is 11.8. The van der Waals surface area contributed by atoms with Crippen LogP contribution in [0.15, 0.2) is 0 Å². The Morgan fingerprint density at radius 1 is 1.06 bits per heavy atom. The first-order valence-corrected chi connectivity index (χ1v) is 7.35. The highest BCUT2D eigenvalue weighted by molar-refractivity contribution is 5.81. The number of carbonyl (C=O) groups is 1. The summed E-state index contributed by atoms with van der Waals surface area (Å²) in [5.74, 6) is 2.08. The van der Waals surface area contributed by atoms with Gasteiger partial charge in [0.2, 0.25) is 0 Å². The summed E-state index contributed by atoms with van der Waals surface area (Å²) in [6, 6.07) is 0.907. The van der Waals surface area contributed by atoms with Gasteiger partial charge in [0, 0.05) is 6.04 Å². The summed E-state index contributed by atoms with van der Waals surface area (Å²) in [6.07, 6.45) is 7.55. The van der Waals surface area contributed by atoms with Crippen LogP contribution in [-0.2, 0) is 4.79 Å². The van der Waals surface area contributed by atoms with Gasteiger partial charge in [-0.25, -0.2) is 0 Å². The Balaban J connectivity index is 2.01. The predicted molar refractivity (Wildman–Crippen MR) is 71.0 cm³/mol. The molecule has 2 nitrogen and oxygen atoms in total. The molecule has 0 aromatic carbocycles. The Kier molecular flexibility index (Phi) is 4.24. The predicted octanol–water partition coefficient (Wildman–Crippen LogP) is 3.25. The molecular formula is C15H27NO. The number of ketones is 1. The minimum absolute atomic E-state index is 0.231. The number of hydrogen-bond acceptors (Lipinski definition) is 2. The van der Waals surface area contributed by atoms with Crippen molar-refractivity contribution < 1.29 is 4.79 Å². The first-order chi connectivity index (χ1) is 8.09. The van der Waals surface area contributed by atoms with Gasteiger partial charge in [-0.05, 0) is 57.4 Å². The molecule has 0 aromatic heterocycles. The highest BCUT2D eigenvalue weighted by atomic mass is 16.1. The van der Waals surface area contributed by atoms with Gasteiger partial charge < -0.3 is 0 Å². The van der Waals surface area contributed by atoms with Gasteiger partial charge in [-0.3, -0.25) is 9.69 Å². The van der Waals surface area contributed by atoms with E-state index in [0.717, 1.165) is 24.8 Å². The third-order valence-corrected chi connectivity index (χ3v) is 5.05. The minimum Gasteiger partial charge on any atom is -0.298 e. The van der Waals surface area contributed by atoms with E-state index in [1.54, 1.807) is 6.92 Å². The number of carbonyl (C=O) groups excluding carboxylic acids is 1. The van der Waals surface area contributed by atoms with Gasteiger partial charge in [-0.2, -0.15) is 0 Å². The topological polar surface area (TPSA) is 20.3 Å². The molecule has 2 fully saturated rings. The van der Waals surface area contributed by atoms with E-state index < -0.39 is 0 Å². The standard InChI is InChI=1S/C15H27NO/c1-11-7-8-14(10-12(11)2)16-9-5-4-6-15(16)13(3)17/h11-12,14-15H,4-10H2,1-3H3. The smallest absolute Gasteiger partial charge is 0.146 e. The molecule has 1 saturated carbocycles. The second-order valence-electron chi connectivity index (χ2n) is 6.28. The second-order valence-corrected chi connectivity index (χ2v) is 6.28. The van der Waals surface area contributed by atoms with Crippen LogP contribution in [0.1, 0.15) is 59.3 Å². The van der Waals surface area contributed by atoms with E-state index in [4.69, 9.17) is 0 Å². The maximum absolute atomic E-state index is 11.8. The Bertz CT molecular complexity index is 276. The molecular weight excluding hydrogens is 210 g/mol. The van der Waals surface area contributed by atoms with E-state index in [2.05, 4.69) is 18.7 Å². The molecule has 2 rings (SSSR count). The summed E-state index contributed by atoms with van der Waals surface area (Å²) >= 11 is 0. The molecule has 1 aliphatic carbocycles. The fourth-order valence-electron chi connectivity index (χ4n) is 3.65. The summed E-state index contributed by atoms with van der Waals surface area (Å²) in [6.45, 7) is 7.68. The summed E-state index contributed by atoms with van der Waals surface area (Å²) in [4.78, 5) is 14.3. The SMILES string of the molecule is CC(=O)C1CCCCN1C1CCC(C)C(C)C1.